The summed E-state index contributed by atoms with van der Waals surface area (Å²) < 4.78 is 10.7. The van der Waals surface area contributed by atoms with Gasteiger partial charge in [-0.25, -0.2) is 0 Å². The van der Waals surface area contributed by atoms with E-state index in [9.17, 15) is 0 Å². The molecule has 0 aliphatic carbocycles. The van der Waals surface area contributed by atoms with E-state index < -0.39 is 0 Å². The average molecular weight is 377 g/mol. The molecule has 28 heavy (non-hydrogen) atoms. The zero-order valence-corrected chi connectivity index (χ0v) is 16.5. The molecule has 0 amide bonds. The van der Waals surface area contributed by atoms with Crippen molar-refractivity contribution in [2.75, 3.05) is 33.9 Å². The summed E-state index contributed by atoms with van der Waals surface area (Å²) in [5.41, 5.74) is 5.39. The third kappa shape index (κ3) is 2.86. The van der Waals surface area contributed by atoms with Gasteiger partial charge in [0.2, 0.25) is 0 Å². The van der Waals surface area contributed by atoms with Crippen LogP contribution >= 0.6 is 0 Å². The fraction of sp³-hybridized carbons (Fsp3) is 0.391. The van der Waals surface area contributed by atoms with Gasteiger partial charge in [0.25, 0.3) is 0 Å². The second kappa shape index (κ2) is 6.83. The number of aromatic nitrogens is 1. The minimum absolute atomic E-state index is 0.0201. The van der Waals surface area contributed by atoms with Gasteiger partial charge in [-0.05, 0) is 54.3 Å². The van der Waals surface area contributed by atoms with Crippen LogP contribution in [0.5, 0.6) is 11.5 Å². The van der Waals surface area contributed by atoms with Crippen molar-refractivity contribution in [1.29, 1.82) is 0 Å². The fourth-order valence-electron chi connectivity index (χ4n) is 4.90. The van der Waals surface area contributed by atoms with Gasteiger partial charge in [0.1, 0.15) is 11.5 Å². The molecule has 2 aliphatic heterocycles. The Hall–Kier alpha value is -2.50. The first-order valence-electron chi connectivity index (χ1n) is 10.0. The fourth-order valence-corrected chi connectivity index (χ4v) is 4.90. The van der Waals surface area contributed by atoms with Crippen molar-refractivity contribution in [2.24, 2.45) is 0 Å². The molecule has 146 valence electrons. The van der Waals surface area contributed by atoms with Gasteiger partial charge >= 0.3 is 0 Å². The first-order valence-corrected chi connectivity index (χ1v) is 10.0. The van der Waals surface area contributed by atoms with E-state index >= 15 is 0 Å². The highest BCUT2D eigenvalue weighted by Crippen LogP contribution is 2.40. The largest absolute Gasteiger partial charge is 0.497 e. The lowest BCUT2D eigenvalue weighted by Gasteiger charge is -2.35. The minimum atomic E-state index is 0.0201. The number of benzene rings is 2. The molecule has 1 spiro atoms. The number of likely N-dealkylation sites (tertiary alicyclic amines) is 1. The van der Waals surface area contributed by atoms with E-state index in [0.717, 1.165) is 50.5 Å². The first-order chi connectivity index (χ1) is 13.7. The number of hydrogen-bond acceptors (Lipinski definition) is 4. The van der Waals surface area contributed by atoms with Crippen LogP contribution in [0.15, 0.2) is 42.5 Å². The monoisotopic (exact) mass is 377 g/mol. The number of fused-ring (bicyclic) bond motifs is 4. The van der Waals surface area contributed by atoms with Crippen molar-refractivity contribution >= 4 is 10.9 Å². The topological polar surface area (TPSA) is 49.5 Å². The molecule has 5 rings (SSSR count). The maximum Gasteiger partial charge on any atom is 0.119 e. The van der Waals surface area contributed by atoms with Crippen LogP contribution in [0.25, 0.3) is 10.9 Å². The molecule has 1 unspecified atom stereocenters. The van der Waals surface area contributed by atoms with Crippen LogP contribution in [-0.2, 0) is 18.5 Å². The normalized spacial score (nSPS) is 21.9. The van der Waals surface area contributed by atoms with Crippen LogP contribution in [0, 0.1) is 0 Å². The highest BCUT2D eigenvalue weighted by Gasteiger charge is 2.44. The number of aromatic amines is 1. The number of methoxy groups -OCH3 is 2. The molecule has 3 heterocycles. The summed E-state index contributed by atoms with van der Waals surface area (Å²) in [6.45, 7) is 4.11. The van der Waals surface area contributed by atoms with Gasteiger partial charge in [0.15, 0.2) is 0 Å². The Balaban J connectivity index is 1.42. The molecule has 1 saturated heterocycles. The molecule has 0 bridgehead atoms. The molecule has 1 fully saturated rings. The highest BCUT2D eigenvalue weighted by molar-refractivity contribution is 5.86. The van der Waals surface area contributed by atoms with Gasteiger partial charge in [-0.2, -0.15) is 0 Å². The molecular formula is C23H27N3O2. The predicted octanol–water partition coefficient (Wildman–Crippen LogP) is 3.43. The van der Waals surface area contributed by atoms with E-state index in [2.05, 4.69) is 39.5 Å². The summed E-state index contributed by atoms with van der Waals surface area (Å²) in [5.74, 6) is 1.84. The number of hydrogen-bond donors (Lipinski definition) is 2. The third-order valence-electron chi connectivity index (χ3n) is 6.34. The van der Waals surface area contributed by atoms with E-state index in [0.29, 0.717) is 0 Å². The maximum absolute atomic E-state index is 5.45. The average Bonchev–Trinajstić information content (AvgIpc) is 3.31. The molecule has 3 aromatic rings. The van der Waals surface area contributed by atoms with Crippen molar-refractivity contribution in [3.05, 3.63) is 59.3 Å². The van der Waals surface area contributed by atoms with Crippen LogP contribution < -0.4 is 14.8 Å². The second-order valence-electron chi connectivity index (χ2n) is 7.96. The lowest BCUT2D eigenvalue weighted by molar-refractivity contribution is 0.265. The molecule has 1 aromatic heterocycles. The van der Waals surface area contributed by atoms with Crippen LogP contribution in [0.1, 0.15) is 23.2 Å². The molecule has 2 aromatic carbocycles. The van der Waals surface area contributed by atoms with E-state index in [1.165, 1.54) is 27.7 Å². The summed E-state index contributed by atoms with van der Waals surface area (Å²) >= 11 is 0. The third-order valence-corrected chi connectivity index (χ3v) is 6.34. The molecular weight excluding hydrogens is 350 g/mol. The number of nitrogens with zero attached hydrogens (tertiary/aromatic N) is 1. The van der Waals surface area contributed by atoms with Crippen LogP contribution in [0.3, 0.4) is 0 Å². The number of nitrogens with one attached hydrogen (secondary N) is 2. The maximum atomic E-state index is 5.45. The molecule has 0 saturated carbocycles. The number of H-pyrrole nitrogens is 1. The zero-order valence-electron chi connectivity index (χ0n) is 16.5. The van der Waals surface area contributed by atoms with Gasteiger partial charge in [-0.3, -0.25) is 4.90 Å². The lowest BCUT2D eigenvalue weighted by Crippen LogP contribution is -2.49. The van der Waals surface area contributed by atoms with Gasteiger partial charge in [-0.1, -0.05) is 12.1 Å². The van der Waals surface area contributed by atoms with Crippen LogP contribution in [0.2, 0.25) is 0 Å². The van der Waals surface area contributed by atoms with E-state index in [1.807, 2.05) is 18.2 Å². The zero-order chi connectivity index (χ0) is 19.1. The Morgan fingerprint density at radius 3 is 2.61 bits per heavy atom. The summed E-state index contributed by atoms with van der Waals surface area (Å²) in [5, 5.41) is 5.16. The summed E-state index contributed by atoms with van der Waals surface area (Å²) in [6.07, 6.45) is 2.18. The smallest absolute Gasteiger partial charge is 0.119 e. The van der Waals surface area contributed by atoms with Crippen molar-refractivity contribution in [3.8, 4) is 11.5 Å². The van der Waals surface area contributed by atoms with Crippen molar-refractivity contribution < 1.29 is 9.47 Å². The van der Waals surface area contributed by atoms with E-state index in [-0.39, 0.29) is 5.54 Å². The standard InChI is InChI=1S/C23H27N3O2/c1-27-17-5-3-16(4-6-17)14-26-12-10-23(15-26)22-19(9-11-24-23)20-13-18(28-2)7-8-21(20)25-22/h3-8,13,24-25H,9-12,14-15H2,1-2H3. The number of ether oxygens (including phenoxy) is 2. The Labute approximate surface area is 165 Å². The highest BCUT2D eigenvalue weighted by atomic mass is 16.5. The van der Waals surface area contributed by atoms with E-state index in [4.69, 9.17) is 9.47 Å². The molecule has 2 N–H and O–H groups in total. The van der Waals surface area contributed by atoms with Crippen molar-refractivity contribution in [2.45, 2.75) is 24.9 Å². The Morgan fingerprint density at radius 2 is 1.82 bits per heavy atom. The van der Waals surface area contributed by atoms with Gasteiger partial charge in [0.05, 0.1) is 19.8 Å². The van der Waals surface area contributed by atoms with Crippen molar-refractivity contribution in [3.63, 3.8) is 0 Å². The molecule has 0 radical (unpaired) electrons. The Morgan fingerprint density at radius 1 is 1.04 bits per heavy atom. The van der Waals surface area contributed by atoms with E-state index in [1.54, 1.807) is 14.2 Å². The van der Waals surface area contributed by atoms with Gasteiger partial charge in [-0.15, -0.1) is 0 Å². The molecule has 1 atom stereocenters. The Kier molecular flexibility index (Phi) is 4.29. The minimum Gasteiger partial charge on any atom is -0.497 e. The van der Waals surface area contributed by atoms with Gasteiger partial charge < -0.3 is 19.8 Å². The van der Waals surface area contributed by atoms with Crippen LogP contribution in [-0.4, -0.2) is 43.7 Å². The summed E-state index contributed by atoms with van der Waals surface area (Å²) in [7, 11) is 3.44. The first kappa shape index (κ1) is 17.6. The van der Waals surface area contributed by atoms with Crippen LogP contribution in [0.4, 0.5) is 0 Å². The van der Waals surface area contributed by atoms with Crippen molar-refractivity contribution in [1.82, 2.24) is 15.2 Å². The number of rotatable bonds is 4. The molecule has 5 nitrogen and oxygen atoms in total. The predicted molar refractivity (Wildman–Crippen MR) is 111 cm³/mol. The van der Waals surface area contributed by atoms with Gasteiger partial charge in [0, 0.05) is 42.8 Å². The molecule has 2 aliphatic rings. The summed E-state index contributed by atoms with van der Waals surface area (Å²) in [4.78, 5) is 6.29. The quantitative estimate of drug-likeness (QED) is 0.731. The second-order valence-corrected chi connectivity index (χ2v) is 7.96. The molecule has 5 heteroatoms. The summed E-state index contributed by atoms with van der Waals surface area (Å²) in [6, 6.07) is 14.8. The Bertz CT molecular complexity index is 995. The SMILES string of the molecule is COc1ccc(CN2CCC3(C2)NCCc2c3[nH]c3ccc(OC)cc23)cc1. The lowest BCUT2D eigenvalue weighted by atomic mass is 9.86.